The Balaban J connectivity index is 2.74. The molecule has 4 nitrogen and oxygen atoms in total. The maximum atomic E-state index is 11.7. The molecule has 72 valence electrons. The molecular formula is C8H13N2O2P. The van der Waals surface area contributed by atoms with Gasteiger partial charge in [-0.25, -0.2) is 14.7 Å². The SMILES string of the molecule is CNP(=O)(NC)Oc1ccccc1. The van der Waals surface area contributed by atoms with Gasteiger partial charge in [0.1, 0.15) is 5.75 Å². The minimum atomic E-state index is -2.90. The first-order valence-electron chi connectivity index (χ1n) is 3.93. The maximum absolute atomic E-state index is 11.7. The first-order chi connectivity index (χ1) is 6.20. The van der Waals surface area contributed by atoms with E-state index in [0.29, 0.717) is 5.75 Å². The monoisotopic (exact) mass is 200 g/mol. The largest absolute Gasteiger partial charge is 0.422 e. The van der Waals surface area contributed by atoms with Gasteiger partial charge in [-0.2, -0.15) is 0 Å². The third kappa shape index (κ3) is 2.84. The molecule has 0 bridgehead atoms. The van der Waals surface area contributed by atoms with Crippen molar-refractivity contribution in [3.8, 4) is 5.75 Å². The zero-order valence-electron chi connectivity index (χ0n) is 7.65. The fourth-order valence-corrected chi connectivity index (χ4v) is 1.66. The van der Waals surface area contributed by atoms with Crippen LogP contribution in [0.25, 0.3) is 0 Å². The highest BCUT2D eigenvalue weighted by Crippen LogP contribution is 2.36. The van der Waals surface area contributed by atoms with E-state index in [1.807, 2.05) is 18.2 Å². The van der Waals surface area contributed by atoms with Gasteiger partial charge in [-0.1, -0.05) is 18.2 Å². The van der Waals surface area contributed by atoms with Gasteiger partial charge in [0.05, 0.1) is 0 Å². The van der Waals surface area contributed by atoms with Crippen LogP contribution in [0.15, 0.2) is 30.3 Å². The van der Waals surface area contributed by atoms with Crippen molar-refractivity contribution in [2.75, 3.05) is 14.1 Å². The Morgan fingerprint density at radius 2 is 1.69 bits per heavy atom. The van der Waals surface area contributed by atoms with Crippen LogP contribution in [0.5, 0.6) is 5.75 Å². The molecule has 13 heavy (non-hydrogen) atoms. The summed E-state index contributed by atoms with van der Waals surface area (Å²) in [5.74, 6) is 0.578. The first kappa shape index (κ1) is 10.3. The fourth-order valence-electron chi connectivity index (χ4n) is 0.833. The van der Waals surface area contributed by atoms with Gasteiger partial charge >= 0.3 is 7.67 Å². The molecule has 0 aliphatic carbocycles. The van der Waals surface area contributed by atoms with Crippen molar-refractivity contribution in [3.05, 3.63) is 30.3 Å². The number of benzene rings is 1. The maximum Gasteiger partial charge on any atom is 0.389 e. The second-order valence-electron chi connectivity index (χ2n) is 2.40. The minimum Gasteiger partial charge on any atom is -0.422 e. The number of rotatable bonds is 4. The molecule has 1 aromatic rings. The summed E-state index contributed by atoms with van der Waals surface area (Å²) in [5.41, 5.74) is 0. The molecule has 0 aromatic heterocycles. The molecule has 5 heteroatoms. The van der Waals surface area contributed by atoms with Crippen molar-refractivity contribution < 1.29 is 9.09 Å². The molecule has 0 heterocycles. The number of hydrogen-bond acceptors (Lipinski definition) is 2. The average molecular weight is 200 g/mol. The van der Waals surface area contributed by atoms with Crippen LogP contribution in [-0.4, -0.2) is 14.1 Å². The van der Waals surface area contributed by atoms with Crippen LogP contribution < -0.4 is 14.7 Å². The normalized spacial score (nSPS) is 11.2. The lowest BCUT2D eigenvalue weighted by Crippen LogP contribution is -2.19. The predicted octanol–water partition coefficient (Wildman–Crippen LogP) is 1.61. The van der Waals surface area contributed by atoms with Crippen molar-refractivity contribution in [3.63, 3.8) is 0 Å². The Hall–Kier alpha value is -0.830. The van der Waals surface area contributed by atoms with E-state index in [4.69, 9.17) is 4.52 Å². The third-order valence-corrected chi connectivity index (χ3v) is 3.21. The number of para-hydroxylation sites is 1. The Morgan fingerprint density at radius 1 is 1.15 bits per heavy atom. The van der Waals surface area contributed by atoms with Gasteiger partial charge in [-0.3, -0.25) is 0 Å². The summed E-state index contributed by atoms with van der Waals surface area (Å²) in [4.78, 5) is 0. The van der Waals surface area contributed by atoms with E-state index in [0.717, 1.165) is 0 Å². The summed E-state index contributed by atoms with van der Waals surface area (Å²) in [5, 5.41) is 5.20. The van der Waals surface area contributed by atoms with Crippen LogP contribution >= 0.6 is 7.67 Å². The van der Waals surface area contributed by atoms with E-state index >= 15 is 0 Å². The van der Waals surface area contributed by atoms with Crippen molar-refractivity contribution in [2.24, 2.45) is 0 Å². The van der Waals surface area contributed by atoms with Crippen LogP contribution in [0, 0.1) is 0 Å². The standard InChI is InChI=1S/C8H13N2O2P/c1-9-13(11,10-2)12-8-6-4-3-5-7-8/h3-7H,1-2H3,(H2,9,10,11). The van der Waals surface area contributed by atoms with Crippen LogP contribution in [0.3, 0.4) is 0 Å². The highest BCUT2D eigenvalue weighted by atomic mass is 31.2. The topological polar surface area (TPSA) is 50.4 Å². The van der Waals surface area contributed by atoms with Gasteiger partial charge in [0.2, 0.25) is 0 Å². The zero-order chi connectivity index (χ0) is 9.73. The summed E-state index contributed by atoms with van der Waals surface area (Å²) >= 11 is 0. The second-order valence-corrected chi connectivity index (χ2v) is 4.58. The van der Waals surface area contributed by atoms with E-state index in [9.17, 15) is 4.57 Å². The van der Waals surface area contributed by atoms with E-state index in [2.05, 4.69) is 10.2 Å². The van der Waals surface area contributed by atoms with Gasteiger partial charge in [0, 0.05) is 0 Å². The molecule has 0 fully saturated rings. The molecule has 0 unspecified atom stereocenters. The smallest absolute Gasteiger partial charge is 0.389 e. The molecule has 0 radical (unpaired) electrons. The highest BCUT2D eigenvalue weighted by Gasteiger charge is 2.18. The third-order valence-electron chi connectivity index (χ3n) is 1.57. The predicted molar refractivity (Wildman–Crippen MR) is 52.8 cm³/mol. The molecule has 0 spiro atoms. The van der Waals surface area contributed by atoms with Gasteiger partial charge in [-0.15, -0.1) is 0 Å². The first-order valence-corrected chi connectivity index (χ1v) is 5.55. The quantitative estimate of drug-likeness (QED) is 0.725. The molecule has 0 aliphatic heterocycles. The van der Waals surface area contributed by atoms with Gasteiger partial charge in [0.15, 0.2) is 0 Å². The number of hydrogen-bond donors (Lipinski definition) is 2. The molecule has 0 atom stereocenters. The molecular weight excluding hydrogens is 187 g/mol. The van der Waals surface area contributed by atoms with Crippen molar-refractivity contribution in [1.29, 1.82) is 0 Å². The molecule has 0 aliphatic rings. The van der Waals surface area contributed by atoms with Crippen LogP contribution in [0.2, 0.25) is 0 Å². The average Bonchev–Trinajstić information content (AvgIpc) is 2.19. The Morgan fingerprint density at radius 3 is 2.15 bits per heavy atom. The molecule has 0 saturated heterocycles. The minimum absolute atomic E-state index is 0.578. The number of nitrogens with one attached hydrogen (secondary N) is 2. The fraction of sp³-hybridized carbons (Fsp3) is 0.250. The van der Waals surface area contributed by atoms with Gasteiger partial charge in [-0.05, 0) is 26.2 Å². The van der Waals surface area contributed by atoms with Crippen LogP contribution in [-0.2, 0) is 4.57 Å². The molecule has 0 saturated carbocycles. The summed E-state index contributed by atoms with van der Waals surface area (Å²) in [6.45, 7) is 0. The zero-order valence-corrected chi connectivity index (χ0v) is 8.54. The summed E-state index contributed by atoms with van der Waals surface area (Å²) in [6.07, 6.45) is 0. The Labute approximate surface area is 77.9 Å². The second kappa shape index (κ2) is 4.42. The van der Waals surface area contributed by atoms with E-state index < -0.39 is 7.67 Å². The molecule has 2 N–H and O–H groups in total. The summed E-state index contributed by atoms with van der Waals surface area (Å²) < 4.78 is 16.9. The van der Waals surface area contributed by atoms with Crippen molar-refractivity contribution in [2.45, 2.75) is 0 Å². The highest BCUT2D eigenvalue weighted by molar-refractivity contribution is 7.55. The molecule has 1 rings (SSSR count). The van der Waals surface area contributed by atoms with Gasteiger partial charge in [0.25, 0.3) is 0 Å². The lowest BCUT2D eigenvalue weighted by atomic mass is 10.3. The Bertz CT molecular complexity index is 294. The lowest BCUT2D eigenvalue weighted by molar-refractivity contribution is 0.462. The van der Waals surface area contributed by atoms with Gasteiger partial charge < -0.3 is 4.52 Å². The van der Waals surface area contributed by atoms with Crippen molar-refractivity contribution >= 4 is 7.67 Å². The van der Waals surface area contributed by atoms with Crippen LogP contribution in [0.4, 0.5) is 0 Å². The molecule has 1 aromatic carbocycles. The molecule has 0 amide bonds. The summed E-state index contributed by atoms with van der Waals surface area (Å²) in [6, 6.07) is 9.02. The van der Waals surface area contributed by atoms with E-state index in [1.54, 1.807) is 26.2 Å². The lowest BCUT2D eigenvalue weighted by Gasteiger charge is -2.16. The van der Waals surface area contributed by atoms with Crippen LogP contribution in [0.1, 0.15) is 0 Å². The van der Waals surface area contributed by atoms with Crippen molar-refractivity contribution in [1.82, 2.24) is 10.2 Å². The summed E-state index contributed by atoms with van der Waals surface area (Å²) in [7, 11) is 0.264. The Kier molecular flexibility index (Phi) is 3.48. The van der Waals surface area contributed by atoms with E-state index in [-0.39, 0.29) is 0 Å². The van der Waals surface area contributed by atoms with E-state index in [1.165, 1.54) is 0 Å².